The first-order valence-corrected chi connectivity index (χ1v) is 7.13. The van der Waals surface area contributed by atoms with Crippen molar-refractivity contribution in [1.82, 2.24) is 4.98 Å². The van der Waals surface area contributed by atoms with Crippen molar-refractivity contribution in [3.05, 3.63) is 27.9 Å². The Labute approximate surface area is 122 Å². The van der Waals surface area contributed by atoms with Gasteiger partial charge in [0.05, 0.1) is 4.92 Å². The quantitative estimate of drug-likeness (QED) is 0.502. The first-order valence-electron chi connectivity index (χ1n) is 7.13. The van der Waals surface area contributed by atoms with Crippen molar-refractivity contribution < 1.29 is 14.8 Å². The van der Waals surface area contributed by atoms with Crippen molar-refractivity contribution >= 4 is 17.5 Å². The van der Waals surface area contributed by atoms with E-state index in [0.717, 1.165) is 25.5 Å². The summed E-state index contributed by atoms with van der Waals surface area (Å²) in [4.78, 5) is 25.2. The molecule has 114 valence electrons. The van der Waals surface area contributed by atoms with Gasteiger partial charge in [0.1, 0.15) is 17.6 Å². The summed E-state index contributed by atoms with van der Waals surface area (Å²) in [5.74, 6) is -0.462. The van der Waals surface area contributed by atoms with Crippen molar-refractivity contribution in [2.75, 3.05) is 5.32 Å². The Bertz CT molecular complexity index is 547. The molecule has 1 fully saturated rings. The van der Waals surface area contributed by atoms with Crippen LogP contribution in [-0.4, -0.2) is 27.0 Å². The molecule has 0 bridgehead atoms. The number of pyridine rings is 1. The molecule has 1 aromatic rings. The number of carboxylic acids is 1. The molecule has 0 radical (unpaired) electrons. The number of nitro groups is 1. The van der Waals surface area contributed by atoms with E-state index in [0.29, 0.717) is 11.7 Å². The van der Waals surface area contributed by atoms with Gasteiger partial charge in [0.15, 0.2) is 0 Å². The fraction of sp³-hybridized carbons (Fsp3) is 0.571. The molecule has 1 aromatic heterocycles. The van der Waals surface area contributed by atoms with Gasteiger partial charge >= 0.3 is 11.7 Å². The Kier molecular flexibility index (Phi) is 4.72. The molecule has 1 saturated carbocycles. The third-order valence-electron chi connectivity index (χ3n) is 4.00. The molecule has 1 aliphatic carbocycles. The molecule has 2 unspecified atom stereocenters. The van der Waals surface area contributed by atoms with Gasteiger partial charge in [0.25, 0.3) is 0 Å². The Morgan fingerprint density at radius 3 is 2.81 bits per heavy atom. The number of nitrogens with one attached hydrogen (secondary N) is 1. The summed E-state index contributed by atoms with van der Waals surface area (Å²) < 4.78 is 0. The summed E-state index contributed by atoms with van der Waals surface area (Å²) in [6.07, 6.45) is 6.66. The minimum atomic E-state index is -1.32. The average Bonchev–Trinajstić information content (AvgIpc) is 2.64. The van der Waals surface area contributed by atoms with Crippen LogP contribution < -0.4 is 5.32 Å². The van der Waals surface area contributed by atoms with Crippen LogP contribution >= 0.6 is 0 Å². The van der Waals surface area contributed by atoms with E-state index in [-0.39, 0.29) is 11.6 Å². The molecule has 7 heteroatoms. The van der Waals surface area contributed by atoms with Crippen LogP contribution in [-0.2, 0) is 0 Å². The highest BCUT2D eigenvalue weighted by Crippen LogP contribution is 2.27. The maximum absolute atomic E-state index is 11.1. The number of carbonyl (C=O) groups is 1. The molecule has 0 saturated heterocycles. The fourth-order valence-electron chi connectivity index (χ4n) is 2.74. The minimum absolute atomic E-state index is 0.225. The van der Waals surface area contributed by atoms with Gasteiger partial charge in [0.2, 0.25) is 0 Å². The average molecular weight is 293 g/mol. The van der Waals surface area contributed by atoms with E-state index in [1.165, 1.54) is 18.9 Å². The highest BCUT2D eigenvalue weighted by molar-refractivity contribution is 5.93. The number of anilines is 1. The van der Waals surface area contributed by atoms with Crippen molar-refractivity contribution in [3.8, 4) is 0 Å². The summed E-state index contributed by atoms with van der Waals surface area (Å²) >= 11 is 0. The van der Waals surface area contributed by atoms with Crippen LogP contribution in [0, 0.1) is 16.0 Å². The summed E-state index contributed by atoms with van der Waals surface area (Å²) in [5.41, 5.74) is -0.819. The minimum Gasteiger partial charge on any atom is -0.477 e. The highest BCUT2D eigenvalue weighted by Gasteiger charge is 2.24. The third kappa shape index (κ3) is 3.68. The maximum atomic E-state index is 11.1. The lowest BCUT2D eigenvalue weighted by Crippen LogP contribution is -2.26. The normalized spacial score (nSPS) is 22.3. The molecule has 7 nitrogen and oxygen atoms in total. The summed E-state index contributed by atoms with van der Waals surface area (Å²) in [6, 6.07) is 1.47. The van der Waals surface area contributed by atoms with E-state index in [2.05, 4.69) is 17.2 Å². The Hall–Kier alpha value is -2.18. The number of hydrogen-bond donors (Lipinski definition) is 2. The van der Waals surface area contributed by atoms with Gasteiger partial charge in [-0.05, 0) is 18.8 Å². The third-order valence-corrected chi connectivity index (χ3v) is 4.00. The lowest BCUT2D eigenvalue weighted by molar-refractivity contribution is -0.385. The second kappa shape index (κ2) is 6.51. The maximum Gasteiger partial charge on any atom is 0.342 e. The van der Waals surface area contributed by atoms with Crippen LogP contribution in [0.25, 0.3) is 0 Å². The SMILES string of the molecule is CC1CCCCCC1Nc1cc(C(=O)O)c([N+](=O)[O-])cn1. The predicted molar refractivity (Wildman–Crippen MR) is 77.5 cm³/mol. The fourth-order valence-corrected chi connectivity index (χ4v) is 2.74. The molecule has 21 heavy (non-hydrogen) atoms. The molecule has 2 N–H and O–H groups in total. The summed E-state index contributed by atoms with van der Waals surface area (Å²) in [5, 5.41) is 23.1. The molecule has 0 aromatic carbocycles. The summed E-state index contributed by atoms with van der Waals surface area (Å²) in [6.45, 7) is 2.16. The number of aromatic carboxylic acids is 1. The lowest BCUT2D eigenvalue weighted by Gasteiger charge is -2.23. The molecule has 0 amide bonds. The van der Waals surface area contributed by atoms with Gasteiger partial charge in [0, 0.05) is 12.1 Å². The predicted octanol–water partition coefficient (Wildman–Crippen LogP) is 3.07. The van der Waals surface area contributed by atoms with E-state index in [4.69, 9.17) is 5.11 Å². The van der Waals surface area contributed by atoms with Gasteiger partial charge in [-0.3, -0.25) is 10.1 Å². The highest BCUT2D eigenvalue weighted by atomic mass is 16.6. The van der Waals surface area contributed by atoms with Gasteiger partial charge in [-0.1, -0.05) is 26.2 Å². The molecular weight excluding hydrogens is 274 g/mol. The van der Waals surface area contributed by atoms with Gasteiger partial charge < -0.3 is 10.4 Å². The zero-order valence-electron chi connectivity index (χ0n) is 11.9. The van der Waals surface area contributed by atoms with Crippen LogP contribution in [0.1, 0.15) is 49.4 Å². The molecule has 1 heterocycles. The first kappa shape index (κ1) is 15.2. The number of aromatic nitrogens is 1. The Morgan fingerprint density at radius 2 is 2.14 bits per heavy atom. The van der Waals surface area contributed by atoms with Crippen molar-refractivity contribution in [3.63, 3.8) is 0 Å². The second-order valence-corrected chi connectivity index (χ2v) is 5.52. The van der Waals surface area contributed by atoms with E-state index in [1.54, 1.807) is 0 Å². The zero-order valence-corrected chi connectivity index (χ0v) is 11.9. The van der Waals surface area contributed by atoms with Crippen LogP contribution in [0.5, 0.6) is 0 Å². The van der Waals surface area contributed by atoms with Crippen LogP contribution in [0.2, 0.25) is 0 Å². The number of rotatable bonds is 4. The number of nitrogens with zero attached hydrogens (tertiary/aromatic N) is 2. The van der Waals surface area contributed by atoms with E-state index < -0.39 is 16.6 Å². The van der Waals surface area contributed by atoms with Crippen molar-refractivity contribution in [2.24, 2.45) is 5.92 Å². The van der Waals surface area contributed by atoms with E-state index >= 15 is 0 Å². The number of carboxylic acid groups (broad SMARTS) is 1. The van der Waals surface area contributed by atoms with Crippen LogP contribution in [0.4, 0.5) is 11.5 Å². The van der Waals surface area contributed by atoms with Crippen molar-refractivity contribution in [1.29, 1.82) is 0 Å². The Morgan fingerprint density at radius 1 is 1.43 bits per heavy atom. The smallest absolute Gasteiger partial charge is 0.342 e. The zero-order chi connectivity index (χ0) is 15.4. The van der Waals surface area contributed by atoms with Crippen LogP contribution in [0.3, 0.4) is 0 Å². The largest absolute Gasteiger partial charge is 0.477 e. The monoisotopic (exact) mass is 293 g/mol. The molecule has 0 spiro atoms. The lowest BCUT2D eigenvalue weighted by atomic mass is 9.97. The van der Waals surface area contributed by atoms with Gasteiger partial charge in [-0.25, -0.2) is 9.78 Å². The first-order chi connectivity index (χ1) is 9.99. The standard InChI is InChI=1S/C14H19N3O4/c1-9-5-3-2-4-6-11(9)16-13-7-10(14(18)19)12(8-15-13)17(20)21/h7-9,11H,2-6H2,1H3,(H,15,16)(H,18,19). The topological polar surface area (TPSA) is 105 Å². The second-order valence-electron chi connectivity index (χ2n) is 5.52. The van der Waals surface area contributed by atoms with E-state index in [9.17, 15) is 14.9 Å². The molecular formula is C14H19N3O4. The molecule has 0 aliphatic heterocycles. The molecule has 1 aliphatic rings. The van der Waals surface area contributed by atoms with Gasteiger partial charge in [-0.15, -0.1) is 0 Å². The molecule has 2 rings (SSSR count). The Balaban J connectivity index is 2.22. The van der Waals surface area contributed by atoms with Crippen molar-refractivity contribution in [2.45, 2.75) is 45.1 Å². The van der Waals surface area contributed by atoms with E-state index in [1.807, 2.05) is 0 Å². The molecule has 2 atom stereocenters. The van der Waals surface area contributed by atoms with Gasteiger partial charge in [-0.2, -0.15) is 0 Å². The number of hydrogen-bond acceptors (Lipinski definition) is 5. The summed E-state index contributed by atoms with van der Waals surface area (Å²) in [7, 11) is 0. The van der Waals surface area contributed by atoms with Crippen LogP contribution in [0.15, 0.2) is 12.3 Å².